The number of allylic oxidation sites excluding steroid dienone is 1. The molecule has 6 rings (SSSR count). The fourth-order valence-electron chi connectivity index (χ4n) is 7.82. The summed E-state index contributed by atoms with van der Waals surface area (Å²) in [5, 5.41) is 12.1. The van der Waals surface area contributed by atoms with Crippen LogP contribution in [0.1, 0.15) is 74.4 Å². The van der Waals surface area contributed by atoms with Crippen molar-refractivity contribution < 1.29 is 27.8 Å². The molecule has 9 nitrogen and oxygen atoms in total. The molecule has 2 heterocycles. The SMILES string of the molecule is CC/C=C/[C@@](O)(C#CCN1CCOCC1)[C@@H]1CC[C@H]1CN1C[C@@]2(CCCc3cc(Cl)ccc32)COc2ccc(C(=O)NS(=O)(=O)C(C)C)cc21. The van der Waals surface area contributed by atoms with E-state index >= 15 is 0 Å². The third kappa shape index (κ3) is 7.88. The number of fused-ring (bicyclic) bond motifs is 3. The van der Waals surface area contributed by atoms with Crippen LogP contribution in [-0.4, -0.2) is 87.7 Å². The monoisotopic (exact) mass is 723 g/mol. The van der Waals surface area contributed by atoms with Gasteiger partial charge >= 0.3 is 0 Å². The molecule has 0 aromatic heterocycles. The van der Waals surface area contributed by atoms with Crippen LogP contribution in [-0.2, 0) is 26.6 Å². The van der Waals surface area contributed by atoms with E-state index in [0.717, 1.165) is 57.3 Å². The molecule has 1 saturated carbocycles. The molecule has 0 bridgehead atoms. The largest absolute Gasteiger partial charge is 0.490 e. The molecule has 1 amide bonds. The zero-order valence-electron chi connectivity index (χ0n) is 29.4. The minimum atomic E-state index is -3.82. The number of anilines is 1. The summed E-state index contributed by atoms with van der Waals surface area (Å²) in [6.45, 7) is 10.5. The van der Waals surface area contributed by atoms with E-state index in [4.69, 9.17) is 21.1 Å². The number of aryl methyl sites for hydroxylation is 1. The summed E-state index contributed by atoms with van der Waals surface area (Å²) in [5.74, 6) is 6.59. The highest BCUT2D eigenvalue weighted by molar-refractivity contribution is 7.90. The highest BCUT2D eigenvalue weighted by atomic mass is 35.5. The Hall–Kier alpha value is -3.07. The maximum absolute atomic E-state index is 13.3. The Morgan fingerprint density at radius 2 is 2.00 bits per heavy atom. The molecular formula is C39H50ClN3O6S. The van der Waals surface area contributed by atoms with Crippen LogP contribution < -0.4 is 14.4 Å². The Kier molecular flexibility index (Phi) is 11.2. The molecule has 270 valence electrons. The molecule has 2 N–H and O–H groups in total. The molecule has 2 aromatic carbocycles. The summed E-state index contributed by atoms with van der Waals surface area (Å²) in [5.41, 5.74) is 1.86. The maximum Gasteiger partial charge on any atom is 0.264 e. The van der Waals surface area contributed by atoms with Gasteiger partial charge < -0.3 is 19.5 Å². The quantitative estimate of drug-likeness (QED) is 0.264. The van der Waals surface area contributed by atoms with Crippen molar-refractivity contribution >= 4 is 33.2 Å². The van der Waals surface area contributed by atoms with Gasteiger partial charge in [-0.2, -0.15) is 0 Å². The van der Waals surface area contributed by atoms with Gasteiger partial charge in [0.15, 0.2) is 0 Å². The first-order valence-corrected chi connectivity index (χ1v) is 19.9. The Morgan fingerprint density at radius 1 is 1.20 bits per heavy atom. The summed E-state index contributed by atoms with van der Waals surface area (Å²) >= 11 is 6.45. The lowest BCUT2D eigenvalue weighted by molar-refractivity contribution is -0.00333. The van der Waals surface area contributed by atoms with Gasteiger partial charge in [-0.1, -0.05) is 42.5 Å². The summed E-state index contributed by atoms with van der Waals surface area (Å²) in [7, 11) is -3.82. The molecule has 1 saturated heterocycles. The second-order valence-corrected chi connectivity index (χ2v) is 17.3. The van der Waals surface area contributed by atoms with Crippen molar-refractivity contribution in [3.8, 4) is 17.6 Å². The van der Waals surface area contributed by atoms with Crippen LogP contribution in [0, 0.1) is 23.7 Å². The van der Waals surface area contributed by atoms with E-state index in [2.05, 4.69) is 45.4 Å². The number of nitrogens with one attached hydrogen (secondary N) is 1. The number of nitrogens with zero attached hydrogens (tertiary/aromatic N) is 2. The highest BCUT2D eigenvalue weighted by Gasteiger charge is 2.47. The van der Waals surface area contributed by atoms with Gasteiger partial charge in [0.25, 0.3) is 5.91 Å². The fraction of sp³-hybridized carbons (Fsp3) is 0.564. The topological polar surface area (TPSA) is 108 Å². The third-order valence-electron chi connectivity index (χ3n) is 10.9. The van der Waals surface area contributed by atoms with Gasteiger partial charge in [0, 0.05) is 48.1 Å². The van der Waals surface area contributed by atoms with Gasteiger partial charge in [-0.3, -0.25) is 9.69 Å². The molecule has 0 radical (unpaired) electrons. The zero-order valence-corrected chi connectivity index (χ0v) is 31.0. The van der Waals surface area contributed by atoms with E-state index < -0.39 is 26.8 Å². The first kappa shape index (κ1) is 36.7. The average molecular weight is 724 g/mol. The van der Waals surface area contributed by atoms with E-state index in [0.29, 0.717) is 50.2 Å². The lowest BCUT2D eigenvalue weighted by atomic mass is 9.64. The van der Waals surface area contributed by atoms with E-state index in [1.807, 2.05) is 18.2 Å². The number of sulfonamides is 1. The fourth-order valence-corrected chi connectivity index (χ4v) is 8.63. The Labute approximate surface area is 302 Å². The van der Waals surface area contributed by atoms with Crippen molar-refractivity contribution in [3.05, 3.63) is 70.3 Å². The number of carbonyl (C=O) groups excluding carboxylic acids is 1. The molecule has 2 aromatic rings. The van der Waals surface area contributed by atoms with Crippen LogP contribution in [0.3, 0.4) is 0 Å². The number of hydrogen-bond acceptors (Lipinski definition) is 8. The van der Waals surface area contributed by atoms with E-state index in [1.54, 1.807) is 18.2 Å². The number of hydrogen-bond donors (Lipinski definition) is 2. The molecular weight excluding hydrogens is 674 g/mol. The molecule has 2 aliphatic heterocycles. The number of rotatable bonds is 9. The van der Waals surface area contributed by atoms with Gasteiger partial charge in [-0.15, -0.1) is 0 Å². The second kappa shape index (κ2) is 15.3. The minimum Gasteiger partial charge on any atom is -0.490 e. The first-order chi connectivity index (χ1) is 23.9. The Morgan fingerprint density at radius 3 is 2.72 bits per heavy atom. The van der Waals surface area contributed by atoms with Crippen molar-refractivity contribution in [3.63, 3.8) is 0 Å². The van der Waals surface area contributed by atoms with Gasteiger partial charge in [-0.05, 0) is 106 Å². The lowest BCUT2D eigenvalue weighted by Crippen LogP contribution is -2.52. The summed E-state index contributed by atoms with van der Waals surface area (Å²) in [6.07, 6.45) is 9.33. The molecule has 0 unspecified atom stereocenters. The third-order valence-corrected chi connectivity index (χ3v) is 12.8. The second-order valence-electron chi connectivity index (χ2n) is 14.6. The number of amides is 1. The van der Waals surface area contributed by atoms with Crippen LogP contribution in [0.2, 0.25) is 5.02 Å². The number of ether oxygens (including phenoxy) is 2. The molecule has 2 aliphatic carbocycles. The number of benzene rings is 2. The van der Waals surface area contributed by atoms with Gasteiger partial charge in [-0.25, -0.2) is 13.1 Å². The molecule has 11 heteroatoms. The average Bonchev–Trinajstić information content (AvgIpc) is 3.22. The summed E-state index contributed by atoms with van der Waals surface area (Å²) < 4.78 is 39.5. The van der Waals surface area contributed by atoms with Gasteiger partial charge in [0.2, 0.25) is 10.0 Å². The standard InChI is InChI=1S/C39H50ClN3O6S/c1-4-5-16-39(45,17-7-18-42-19-21-48-22-20-42)34-12-9-31(34)25-43-26-38(15-6-8-29-23-32(40)11-13-33(29)38)27-49-36-14-10-30(24-35(36)43)37(44)41-50(46,47)28(2)3/h5,10-11,13-14,16,23-24,28,31,34,45H,4,6,8-9,12,15,18-22,25-27H2,1-3H3,(H,41,44)/b16-5+/t31-,34+,38-,39+/m0/s1. The number of halogens is 1. The molecule has 2 fully saturated rings. The molecule has 1 spiro atoms. The van der Waals surface area contributed by atoms with Crippen LogP contribution in [0.5, 0.6) is 5.75 Å². The summed E-state index contributed by atoms with van der Waals surface area (Å²) in [4.78, 5) is 17.9. The highest BCUT2D eigenvalue weighted by Crippen LogP contribution is 2.48. The van der Waals surface area contributed by atoms with E-state index in [9.17, 15) is 18.3 Å². The minimum absolute atomic E-state index is 0.0776. The molecule has 4 aliphatic rings. The van der Waals surface area contributed by atoms with Crippen molar-refractivity contribution in [2.24, 2.45) is 11.8 Å². The predicted octanol–water partition coefficient (Wildman–Crippen LogP) is 5.34. The molecule has 50 heavy (non-hydrogen) atoms. The zero-order chi connectivity index (χ0) is 35.5. The van der Waals surface area contributed by atoms with Gasteiger partial charge in [0.05, 0.1) is 37.3 Å². The van der Waals surface area contributed by atoms with Gasteiger partial charge in [0.1, 0.15) is 11.4 Å². The van der Waals surface area contributed by atoms with Crippen LogP contribution in [0.4, 0.5) is 5.69 Å². The van der Waals surface area contributed by atoms with Crippen molar-refractivity contribution in [2.45, 2.75) is 75.6 Å². The normalized spacial score (nSPS) is 25.0. The smallest absolute Gasteiger partial charge is 0.264 e. The van der Waals surface area contributed by atoms with Crippen molar-refractivity contribution in [1.82, 2.24) is 9.62 Å². The number of carbonyl (C=O) groups is 1. The molecule has 4 atom stereocenters. The number of aliphatic hydroxyl groups is 1. The van der Waals surface area contributed by atoms with Crippen LogP contribution in [0.15, 0.2) is 48.6 Å². The first-order valence-electron chi connectivity index (χ1n) is 18.0. The Bertz CT molecular complexity index is 1760. The van der Waals surface area contributed by atoms with E-state index in [-0.39, 0.29) is 22.8 Å². The lowest BCUT2D eigenvalue weighted by Gasteiger charge is -2.47. The summed E-state index contributed by atoms with van der Waals surface area (Å²) in [6, 6.07) is 11.3. The van der Waals surface area contributed by atoms with E-state index in [1.165, 1.54) is 25.0 Å². The van der Waals surface area contributed by atoms with Crippen molar-refractivity contribution in [2.75, 3.05) is 57.4 Å². The predicted molar refractivity (Wildman–Crippen MR) is 197 cm³/mol. The van der Waals surface area contributed by atoms with Crippen molar-refractivity contribution in [1.29, 1.82) is 0 Å². The number of morpholine rings is 1. The van der Waals surface area contributed by atoms with Crippen LogP contribution >= 0.6 is 11.6 Å². The Balaban J connectivity index is 1.33. The maximum atomic E-state index is 13.3. The van der Waals surface area contributed by atoms with Crippen LogP contribution in [0.25, 0.3) is 0 Å².